The fraction of sp³-hybridized carbons (Fsp3) is 0.364. The fourth-order valence-electron chi connectivity index (χ4n) is 3.11. The number of nitrogens with zero attached hydrogens (tertiary/aromatic N) is 4. The fourth-order valence-corrected chi connectivity index (χ4v) is 3.11. The number of likely N-dealkylation sites (N-methyl/N-ethyl adjacent to an activating group) is 1. The van der Waals surface area contributed by atoms with Gasteiger partial charge in [0.1, 0.15) is 5.69 Å². The average Bonchev–Trinajstić information content (AvgIpc) is 3.38. The highest BCUT2D eigenvalue weighted by molar-refractivity contribution is 6.04. The summed E-state index contributed by atoms with van der Waals surface area (Å²) in [6.07, 6.45) is 3.13. The first kappa shape index (κ1) is 21.3. The summed E-state index contributed by atoms with van der Waals surface area (Å²) in [7, 11) is 0. The molecule has 1 amide bonds. The van der Waals surface area contributed by atoms with Crippen LogP contribution < -0.4 is 0 Å². The number of esters is 1. The highest BCUT2D eigenvalue weighted by Crippen LogP contribution is 2.27. The molecule has 0 atom stereocenters. The highest BCUT2D eigenvalue weighted by atomic mass is 16.5. The molecule has 3 aromatic rings. The van der Waals surface area contributed by atoms with Gasteiger partial charge in [-0.15, -0.1) is 0 Å². The zero-order valence-electron chi connectivity index (χ0n) is 17.7. The second-order valence-corrected chi connectivity index (χ2v) is 7.39. The maximum absolute atomic E-state index is 12.9. The first-order valence-electron chi connectivity index (χ1n) is 9.83. The normalized spacial score (nSPS) is 11.1. The third-order valence-corrected chi connectivity index (χ3v) is 4.57. The molecule has 0 aliphatic rings. The third kappa shape index (κ3) is 4.42. The van der Waals surface area contributed by atoms with Crippen molar-refractivity contribution in [1.82, 2.24) is 19.7 Å². The van der Waals surface area contributed by atoms with Crippen LogP contribution in [0.3, 0.4) is 0 Å². The van der Waals surface area contributed by atoms with E-state index in [1.54, 1.807) is 40.2 Å². The summed E-state index contributed by atoms with van der Waals surface area (Å²) in [6.45, 7) is 12.1. The molecule has 0 spiro atoms. The number of fused-ring (bicyclic) bond motifs is 1. The van der Waals surface area contributed by atoms with Crippen LogP contribution in [0.2, 0.25) is 0 Å². The molecule has 0 aliphatic heterocycles. The van der Waals surface area contributed by atoms with Crippen molar-refractivity contribution in [3.8, 4) is 11.5 Å². The molecule has 0 saturated heterocycles. The Balaban J connectivity index is 1.91. The second-order valence-electron chi connectivity index (χ2n) is 7.39. The van der Waals surface area contributed by atoms with Gasteiger partial charge in [-0.05, 0) is 45.9 Å². The Morgan fingerprint density at radius 3 is 2.73 bits per heavy atom. The summed E-state index contributed by atoms with van der Waals surface area (Å²) >= 11 is 0. The van der Waals surface area contributed by atoms with Crippen molar-refractivity contribution in [3.63, 3.8) is 0 Å². The monoisotopic (exact) mass is 410 g/mol. The van der Waals surface area contributed by atoms with E-state index >= 15 is 0 Å². The minimum atomic E-state index is -0.613. The molecule has 0 saturated carbocycles. The topological polar surface area (TPSA) is 90.5 Å². The summed E-state index contributed by atoms with van der Waals surface area (Å²) in [5, 5.41) is 4.92. The van der Waals surface area contributed by atoms with Crippen LogP contribution >= 0.6 is 0 Å². The molecule has 30 heavy (non-hydrogen) atoms. The van der Waals surface area contributed by atoms with Crippen molar-refractivity contribution < 1.29 is 18.7 Å². The van der Waals surface area contributed by atoms with Crippen molar-refractivity contribution in [2.24, 2.45) is 0 Å². The smallest absolute Gasteiger partial charge is 0.339 e. The van der Waals surface area contributed by atoms with Gasteiger partial charge in [-0.1, -0.05) is 12.2 Å². The lowest BCUT2D eigenvalue weighted by atomic mass is 10.1. The van der Waals surface area contributed by atoms with E-state index in [2.05, 4.69) is 16.7 Å². The predicted molar refractivity (Wildman–Crippen MR) is 113 cm³/mol. The van der Waals surface area contributed by atoms with Crippen LogP contribution in [0.25, 0.3) is 22.5 Å². The minimum Gasteiger partial charge on any atom is -0.463 e. The molecule has 3 heterocycles. The Bertz CT molecular complexity index is 1070. The molecule has 0 unspecified atom stereocenters. The predicted octanol–water partition coefficient (Wildman–Crippen LogP) is 3.85. The highest BCUT2D eigenvalue weighted by Gasteiger charge is 2.22. The Morgan fingerprint density at radius 2 is 2.13 bits per heavy atom. The molecule has 0 fully saturated rings. The lowest BCUT2D eigenvalue weighted by Gasteiger charge is -2.20. The minimum absolute atomic E-state index is 0.0487. The zero-order valence-corrected chi connectivity index (χ0v) is 17.7. The molecule has 0 N–H and O–H groups in total. The van der Waals surface area contributed by atoms with E-state index in [4.69, 9.17) is 9.15 Å². The molecule has 0 aliphatic carbocycles. The molecule has 8 nitrogen and oxygen atoms in total. The van der Waals surface area contributed by atoms with E-state index in [-0.39, 0.29) is 24.1 Å². The van der Waals surface area contributed by atoms with E-state index in [9.17, 15) is 9.59 Å². The van der Waals surface area contributed by atoms with Crippen LogP contribution in [0.5, 0.6) is 0 Å². The van der Waals surface area contributed by atoms with Gasteiger partial charge in [-0.25, -0.2) is 14.5 Å². The molecular weight excluding hydrogens is 384 g/mol. The Kier molecular flexibility index (Phi) is 6.34. The van der Waals surface area contributed by atoms with Crippen molar-refractivity contribution >= 4 is 22.9 Å². The Labute approximate surface area is 175 Å². The van der Waals surface area contributed by atoms with E-state index < -0.39 is 5.97 Å². The standard InChI is InChI=1S/C22H26N4O4/c1-6-25(12-14(2)3)20(27)13-30-22(28)16-10-18(19-8-7-9-29-19)24-21-17(16)11-23-26(21)15(4)5/h7-11,15H,2,6,12-13H2,1,3-5H3. The largest absolute Gasteiger partial charge is 0.463 e. The lowest BCUT2D eigenvalue weighted by Crippen LogP contribution is -2.35. The van der Waals surface area contributed by atoms with Crippen LogP contribution in [0, 0.1) is 0 Å². The lowest BCUT2D eigenvalue weighted by molar-refractivity contribution is -0.133. The van der Waals surface area contributed by atoms with Gasteiger partial charge in [-0.3, -0.25) is 4.79 Å². The summed E-state index contributed by atoms with van der Waals surface area (Å²) in [6, 6.07) is 5.16. The number of aromatic nitrogens is 3. The number of ether oxygens (including phenoxy) is 1. The molecule has 0 radical (unpaired) electrons. The maximum Gasteiger partial charge on any atom is 0.339 e. The number of furan rings is 1. The number of pyridine rings is 1. The van der Waals surface area contributed by atoms with Gasteiger partial charge < -0.3 is 14.1 Å². The van der Waals surface area contributed by atoms with Crippen molar-refractivity contribution in [2.75, 3.05) is 19.7 Å². The number of carbonyl (C=O) groups is 2. The van der Waals surface area contributed by atoms with E-state index in [1.165, 1.54) is 0 Å². The molecule has 0 bridgehead atoms. The van der Waals surface area contributed by atoms with Crippen LogP contribution in [-0.2, 0) is 9.53 Å². The van der Waals surface area contributed by atoms with E-state index in [1.807, 2.05) is 27.7 Å². The summed E-state index contributed by atoms with van der Waals surface area (Å²) < 4.78 is 12.5. The molecule has 8 heteroatoms. The summed E-state index contributed by atoms with van der Waals surface area (Å²) in [5.41, 5.74) is 2.19. The molecule has 3 aromatic heterocycles. The summed E-state index contributed by atoms with van der Waals surface area (Å²) in [5.74, 6) is -0.362. The number of hydrogen-bond donors (Lipinski definition) is 0. The van der Waals surface area contributed by atoms with Gasteiger partial charge in [0.05, 0.1) is 23.4 Å². The number of carbonyl (C=O) groups excluding carboxylic acids is 2. The van der Waals surface area contributed by atoms with Gasteiger partial charge in [-0.2, -0.15) is 5.10 Å². The van der Waals surface area contributed by atoms with Crippen LogP contribution in [0.15, 0.2) is 47.2 Å². The quantitative estimate of drug-likeness (QED) is 0.414. The molecule has 158 valence electrons. The van der Waals surface area contributed by atoms with Crippen LogP contribution in [-0.4, -0.2) is 51.2 Å². The van der Waals surface area contributed by atoms with Crippen LogP contribution in [0.1, 0.15) is 44.1 Å². The van der Waals surface area contributed by atoms with Crippen molar-refractivity contribution in [1.29, 1.82) is 0 Å². The molecular formula is C22H26N4O4. The van der Waals surface area contributed by atoms with Gasteiger partial charge in [0.2, 0.25) is 0 Å². The van der Waals surface area contributed by atoms with Gasteiger partial charge in [0, 0.05) is 19.1 Å². The van der Waals surface area contributed by atoms with E-state index in [0.717, 1.165) is 5.57 Å². The Morgan fingerprint density at radius 1 is 1.37 bits per heavy atom. The summed E-state index contributed by atoms with van der Waals surface area (Å²) in [4.78, 5) is 31.5. The zero-order chi connectivity index (χ0) is 21.8. The first-order valence-corrected chi connectivity index (χ1v) is 9.83. The maximum atomic E-state index is 12.9. The first-order chi connectivity index (χ1) is 14.3. The SMILES string of the molecule is C=C(C)CN(CC)C(=O)COC(=O)c1cc(-c2ccco2)nc2c1cnn2C(C)C. The molecule has 0 aromatic carbocycles. The number of hydrogen-bond acceptors (Lipinski definition) is 6. The van der Waals surface area contributed by atoms with Crippen LogP contribution in [0.4, 0.5) is 0 Å². The van der Waals surface area contributed by atoms with Gasteiger partial charge >= 0.3 is 5.97 Å². The third-order valence-electron chi connectivity index (χ3n) is 4.57. The van der Waals surface area contributed by atoms with Gasteiger partial charge in [0.15, 0.2) is 18.0 Å². The number of amides is 1. The number of rotatable bonds is 8. The van der Waals surface area contributed by atoms with Crippen molar-refractivity contribution in [2.45, 2.75) is 33.7 Å². The molecule has 3 rings (SSSR count). The average molecular weight is 410 g/mol. The van der Waals surface area contributed by atoms with Gasteiger partial charge in [0.25, 0.3) is 5.91 Å². The Hall–Kier alpha value is -3.42. The van der Waals surface area contributed by atoms with Crippen molar-refractivity contribution in [3.05, 3.63) is 48.4 Å². The van der Waals surface area contributed by atoms with E-state index in [0.29, 0.717) is 35.6 Å². The second kappa shape index (κ2) is 8.94.